The lowest BCUT2D eigenvalue weighted by molar-refractivity contribution is 0.0697. The van der Waals surface area contributed by atoms with E-state index in [1.54, 1.807) is 12.1 Å². The Hall–Kier alpha value is -1.84. The van der Waals surface area contributed by atoms with Crippen molar-refractivity contribution < 1.29 is 9.90 Å². The molecule has 0 spiro atoms. The molecule has 3 rings (SSSR count). The number of aromatic carboxylic acids is 1. The zero-order valence-electron chi connectivity index (χ0n) is 12.5. The molecule has 1 N–H and O–H groups in total. The van der Waals surface area contributed by atoms with Gasteiger partial charge in [-0.1, -0.05) is 19.8 Å². The molecule has 1 saturated carbocycles. The van der Waals surface area contributed by atoms with Crippen LogP contribution in [0.1, 0.15) is 55.2 Å². The van der Waals surface area contributed by atoms with E-state index in [4.69, 9.17) is 5.11 Å². The van der Waals surface area contributed by atoms with E-state index < -0.39 is 5.97 Å². The molecule has 1 aliphatic rings. The smallest absolute Gasteiger partial charge is 0.335 e. The standard InChI is InChI=1S/C17H22N2O2/c1-2-5-16-18-14-10-13(17(20)21)8-9-15(14)19(16)11-12-6-3-4-7-12/h8-10,12H,2-7,11H2,1H3,(H,20,21). The lowest BCUT2D eigenvalue weighted by Crippen LogP contribution is -2.10. The Morgan fingerprint density at radius 3 is 2.81 bits per heavy atom. The number of carboxylic acids is 1. The van der Waals surface area contributed by atoms with Crippen LogP contribution in [0.5, 0.6) is 0 Å². The van der Waals surface area contributed by atoms with Crippen LogP contribution in [-0.2, 0) is 13.0 Å². The van der Waals surface area contributed by atoms with Gasteiger partial charge in [-0.2, -0.15) is 0 Å². The molecule has 1 aromatic carbocycles. The highest BCUT2D eigenvalue weighted by Gasteiger charge is 2.19. The van der Waals surface area contributed by atoms with Crippen LogP contribution in [-0.4, -0.2) is 20.6 Å². The van der Waals surface area contributed by atoms with Crippen molar-refractivity contribution in [2.24, 2.45) is 5.92 Å². The van der Waals surface area contributed by atoms with Gasteiger partial charge in [0, 0.05) is 13.0 Å². The van der Waals surface area contributed by atoms with Crippen LogP contribution in [0.2, 0.25) is 0 Å². The molecule has 21 heavy (non-hydrogen) atoms. The summed E-state index contributed by atoms with van der Waals surface area (Å²) in [6, 6.07) is 5.30. The van der Waals surface area contributed by atoms with E-state index in [1.165, 1.54) is 25.7 Å². The number of nitrogens with zero attached hydrogens (tertiary/aromatic N) is 2. The minimum Gasteiger partial charge on any atom is -0.478 e. The van der Waals surface area contributed by atoms with E-state index in [2.05, 4.69) is 16.5 Å². The highest BCUT2D eigenvalue weighted by atomic mass is 16.4. The van der Waals surface area contributed by atoms with Gasteiger partial charge in [-0.15, -0.1) is 0 Å². The average molecular weight is 286 g/mol. The molecule has 4 nitrogen and oxygen atoms in total. The van der Waals surface area contributed by atoms with E-state index in [0.29, 0.717) is 5.56 Å². The van der Waals surface area contributed by atoms with Gasteiger partial charge in [-0.25, -0.2) is 9.78 Å². The highest BCUT2D eigenvalue weighted by molar-refractivity contribution is 5.92. The van der Waals surface area contributed by atoms with Crippen LogP contribution in [0.25, 0.3) is 11.0 Å². The number of hydrogen-bond donors (Lipinski definition) is 1. The van der Waals surface area contributed by atoms with E-state index in [9.17, 15) is 4.79 Å². The van der Waals surface area contributed by atoms with Crippen LogP contribution < -0.4 is 0 Å². The first-order valence-corrected chi connectivity index (χ1v) is 7.91. The van der Waals surface area contributed by atoms with Gasteiger partial charge in [-0.3, -0.25) is 0 Å². The molecule has 0 saturated heterocycles. The molecule has 0 radical (unpaired) electrons. The van der Waals surface area contributed by atoms with Crippen molar-refractivity contribution in [3.8, 4) is 0 Å². The SMILES string of the molecule is CCCc1nc2cc(C(=O)O)ccc2n1CC1CCCC1. The molecule has 0 atom stereocenters. The van der Waals surface area contributed by atoms with Gasteiger partial charge in [0.05, 0.1) is 16.6 Å². The predicted molar refractivity (Wildman–Crippen MR) is 82.6 cm³/mol. The number of fused-ring (bicyclic) bond motifs is 1. The maximum atomic E-state index is 11.1. The van der Waals surface area contributed by atoms with Gasteiger partial charge in [0.15, 0.2) is 0 Å². The van der Waals surface area contributed by atoms with Crippen LogP contribution in [0.4, 0.5) is 0 Å². The summed E-state index contributed by atoms with van der Waals surface area (Å²) in [6.45, 7) is 3.18. The quantitative estimate of drug-likeness (QED) is 0.907. The first-order valence-electron chi connectivity index (χ1n) is 7.91. The third-order valence-corrected chi connectivity index (χ3v) is 4.46. The molecule has 4 heteroatoms. The Morgan fingerprint density at radius 2 is 2.14 bits per heavy atom. The summed E-state index contributed by atoms with van der Waals surface area (Å²) >= 11 is 0. The number of imidazole rings is 1. The van der Waals surface area contributed by atoms with Gasteiger partial charge >= 0.3 is 5.97 Å². The Kier molecular flexibility index (Phi) is 3.95. The van der Waals surface area contributed by atoms with Crippen molar-refractivity contribution in [1.82, 2.24) is 9.55 Å². The summed E-state index contributed by atoms with van der Waals surface area (Å²) < 4.78 is 2.32. The summed E-state index contributed by atoms with van der Waals surface area (Å²) in [4.78, 5) is 15.8. The van der Waals surface area contributed by atoms with Crippen molar-refractivity contribution in [2.45, 2.75) is 52.0 Å². The van der Waals surface area contributed by atoms with Gasteiger partial charge in [0.2, 0.25) is 0 Å². The molecule has 1 fully saturated rings. The molecular formula is C17H22N2O2. The summed E-state index contributed by atoms with van der Waals surface area (Å²) in [5.41, 5.74) is 2.21. The summed E-state index contributed by atoms with van der Waals surface area (Å²) in [6.07, 6.45) is 7.29. The second-order valence-electron chi connectivity index (χ2n) is 6.05. The fourth-order valence-corrected chi connectivity index (χ4v) is 3.38. The lowest BCUT2D eigenvalue weighted by atomic mass is 10.1. The molecule has 2 aromatic rings. The summed E-state index contributed by atoms with van der Waals surface area (Å²) in [7, 11) is 0. The van der Waals surface area contributed by atoms with Crippen LogP contribution in [0.3, 0.4) is 0 Å². The predicted octanol–water partition coefficient (Wildman–Crippen LogP) is 3.88. The van der Waals surface area contributed by atoms with Gasteiger partial charge < -0.3 is 9.67 Å². The van der Waals surface area contributed by atoms with Crippen molar-refractivity contribution >= 4 is 17.0 Å². The second-order valence-corrected chi connectivity index (χ2v) is 6.05. The molecule has 0 amide bonds. The molecule has 1 aromatic heterocycles. The third kappa shape index (κ3) is 2.80. The topological polar surface area (TPSA) is 55.1 Å². The monoisotopic (exact) mass is 286 g/mol. The second kappa shape index (κ2) is 5.88. The van der Waals surface area contributed by atoms with E-state index in [-0.39, 0.29) is 0 Å². The summed E-state index contributed by atoms with van der Waals surface area (Å²) in [5, 5.41) is 9.12. The minimum atomic E-state index is -0.890. The Bertz CT molecular complexity index is 654. The first kappa shape index (κ1) is 14.1. The molecule has 0 aliphatic heterocycles. The van der Waals surface area contributed by atoms with E-state index in [1.807, 2.05) is 6.07 Å². The fourth-order valence-electron chi connectivity index (χ4n) is 3.38. The van der Waals surface area contributed by atoms with E-state index >= 15 is 0 Å². The largest absolute Gasteiger partial charge is 0.478 e. The molecule has 112 valence electrons. The molecule has 0 unspecified atom stereocenters. The van der Waals surface area contributed by atoms with Gasteiger partial charge in [0.25, 0.3) is 0 Å². The van der Waals surface area contributed by atoms with Crippen LogP contribution in [0.15, 0.2) is 18.2 Å². The molecule has 0 bridgehead atoms. The third-order valence-electron chi connectivity index (χ3n) is 4.46. The Labute approximate surface area is 124 Å². The van der Waals surface area contributed by atoms with Crippen LogP contribution >= 0.6 is 0 Å². The number of hydrogen-bond acceptors (Lipinski definition) is 2. The molecule has 1 aliphatic carbocycles. The van der Waals surface area contributed by atoms with E-state index in [0.717, 1.165) is 42.2 Å². The van der Waals surface area contributed by atoms with Gasteiger partial charge in [-0.05, 0) is 43.4 Å². The van der Waals surface area contributed by atoms with Crippen molar-refractivity contribution in [3.63, 3.8) is 0 Å². The average Bonchev–Trinajstić information content (AvgIpc) is 3.08. The van der Waals surface area contributed by atoms with Crippen LogP contribution in [0, 0.1) is 5.92 Å². The van der Waals surface area contributed by atoms with Crippen molar-refractivity contribution in [1.29, 1.82) is 0 Å². The summed E-state index contributed by atoms with van der Waals surface area (Å²) in [5.74, 6) is 0.957. The number of carbonyl (C=O) groups is 1. The Balaban J connectivity index is 2.01. The number of carboxylic acid groups (broad SMARTS) is 1. The Morgan fingerprint density at radius 1 is 1.38 bits per heavy atom. The number of rotatable bonds is 5. The first-order chi connectivity index (χ1) is 10.2. The number of aromatic nitrogens is 2. The number of benzene rings is 1. The molecule has 1 heterocycles. The van der Waals surface area contributed by atoms with Crippen molar-refractivity contribution in [3.05, 3.63) is 29.6 Å². The van der Waals surface area contributed by atoms with Crippen molar-refractivity contribution in [2.75, 3.05) is 0 Å². The zero-order chi connectivity index (χ0) is 14.8. The normalized spacial score (nSPS) is 15.9. The highest BCUT2D eigenvalue weighted by Crippen LogP contribution is 2.29. The lowest BCUT2D eigenvalue weighted by Gasteiger charge is -2.14. The zero-order valence-corrected chi connectivity index (χ0v) is 12.5. The fraction of sp³-hybridized carbons (Fsp3) is 0.529. The van der Waals surface area contributed by atoms with Gasteiger partial charge in [0.1, 0.15) is 5.82 Å². The number of aryl methyl sites for hydroxylation is 1. The minimum absolute atomic E-state index is 0.316. The molecular weight excluding hydrogens is 264 g/mol. The maximum absolute atomic E-state index is 11.1. The maximum Gasteiger partial charge on any atom is 0.335 e.